The molecule has 0 unspecified atom stereocenters. The van der Waals surface area contributed by atoms with Crippen LogP contribution >= 0.6 is 15.9 Å². The molecule has 0 N–H and O–H groups in total. The molecule has 11 nitrogen and oxygen atoms in total. The highest BCUT2D eigenvalue weighted by atomic mass is 79.9. The SMILES string of the molecule is CCOC(=O)COc1c(OC)cc(C=Nn2c(C3CCCCC3)nc3ccc(Br)cc3c2=O)cc1[N+](=O)[O-]. The van der Waals surface area contributed by atoms with Gasteiger partial charge in [0.2, 0.25) is 5.75 Å². The number of nitro benzene ring substituents is 1. The molecule has 0 spiro atoms. The van der Waals surface area contributed by atoms with Gasteiger partial charge in [0.25, 0.3) is 5.56 Å². The molecule has 1 aliphatic rings. The van der Waals surface area contributed by atoms with E-state index in [1.165, 1.54) is 30.1 Å². The zero-order chi connectivity index (χ0) is 27.2. The lowest BCUT2D eigenvalue weighted by Gasteiger charge is -2.22. The number of carbonyl (C=O) groups excluding carboxylic acids is 1. The maximum atomic E-state index is 13.5. The van der Waals surface area contributed by atoms with Gasteiger partial charge in [0, 0.05) is 22.0 Å². The summed E-state index contributed by atoms with van der Waals surface area (Å²) in [5.41, 5.74) is 0.137. The Hall–Kier alpha value is -3.80. The van der Waals surface area contributed by atoms with E-state index in [9.17, 15) is 19.7 Å². The topological polar surface area (TPSA) is 135 Å². The molecule has 1 saturated carbocycles. The molecule has 12 heteroatoms. The molecule has 38 heavy (non-hydrogen) atoms. The summed E-state index contributed by atoms with van der Waals surface area (Å²) in [6.45, 7) is 1.28. The number of fused-ring (bicyclic) bond motifs is 1. The Bertz CT molecular complexity index is 1450. The third-order valence-corrected chi connectivity index (χ3v) is 6.73. The predicted molar refractivity (Wildman–Crippen MR) is 144 cm³/mol. The maximum Gasteiger partial charge on any atom is 0.344 e. The van der Waals surface area contributed by atoms with Crippen molar-refractivity contribution in [2.24, 2.45) is 5.10 Å². The van der Waals surface area contributed by atoms with Crippen LogP contribution in [0.5, 0.6) is 11.5 Å². The van der Waals surface area contributed by atoms with Crippen LogP contribution < -0.4 is 15.0 Å². The van der Waals surface area contributed by atoms with Crippen LogP contribution in [-0.4, -0.2) is 47.1 Å². The number of rotatable bonds is 9. The summed E-state index contributed by atoms with van der Waals surface area (Å²) >= 11 is 3.40. The summed E-state index contributed by atoms with van der Waals surface area (Å²) in [6.07, 6.45) is 6.37. The fourth-order valence-corrected chi connectivity index (χ4v) is 4.84. The standard InChI is InChI=1S/C26H27BrN4O7/c1-3-37-23(32)15-38-24-21(31(34)35)11-16(12-22(24)36-2)14-28-30-25(17-7-5-4-6-8-17)29-20-10-9-18(27)13-19(20)26(30)33/h9-14,17H,3-8,15H2,1-2H3. The zero-order valence-corrected chi connectivity index (χ0v) is 22.6. The smallest absolute Gasteiger partial charge is 0.344 e. The van der Waals surface area contributed by atoms with Gasteiger partial charge in [-0.1, -0.05) is 35.2 Å². The first-order chi connectivity index (χ1) is 18.3. The summed E-state index contributed by atoms with van der Waals surface area (Å²) in [7, 11) is 1.33. The molecule has 3 aromatic rings. The van der Waals surface area contributed by atoms with Crippen molar-refractivity contribution in [1.29, 1.82) is 0 Å². The van der Waals surface area contributed by atoms with Crippen LogP contribution in [0.15, 0.2) is 44.7 Å². The van der Waals surface area contributed by atoms with Gasteiger partial charge in [-0.2, -0.15) is 9.78 Å². The third kappa shape index (κ3) is 6.01. The molecule has 0 amide bonds. The Labute approximate surface area is 226 Å². The largest absolute Gasteiger partial charge is 0.493 e. The molecule has 1 aromatic heterocycles. The number of nitro groups is 1. The molecular formula is C26H27BrN4O7. The lowest BCUT2D eigenvalue weighted by atomic mass is 9.88. The summed E-state index contributed by atoms with van der Waals surface area (Å²) in [5, 5.41) is 16.7. The minimum atomic E-state index is -0.667. The fraction of sp³-hybridized carbons (Fsp3) is 0.385. The Morgan fingerprint density at radius 1 is 1.26 bits per heavy atom. The monoisotopic (exact) mass is 586 g/mol. The van der Waals surface area contributed by atoms with Crippen molar-refractivity contribution in [2.75, 3.05) is 20.3 Å². The number of esters is 1. The van der Waals surface area contributed by atoms with Gasteiger partial charge in [0.05, 0.1) is 35.8 Å². The van der Waals surface area contributed by atoms with Crippen molar-refractivity contribution in [2.45, 2.75) is 44.9 Å². The van der Waals surface area contributed by atoms with Gasteiger partial charge >= 0.3 is 11.7 Å². The van der Waals surface area contributed by atoms with Crippen molar-refractivity contribution in [3.8, 4) is 11.5 Å². The maximum absolute atomic E-state index is 13.5. The van der Waals surface area contributed by atoms with Gasteiger partial charge in [-0.25, -0.2) is 9.78 Å². The quantitative estimate of drug-likeness (QED) is 0.149. The molecule has 0 atom stereocenters. The van der Waals surface area contributed by atoms with Crippen LogP contribution in [0.3, 0.4) is 0 Å². The molecule has 2 aromatic carbocycles. The van der Waals surface area contributed by atoms with E-state index in [0.717, 1.165) is 36.6 Å². The van der Waals surface area contributed by atoms with Gasteiger partial charge < -0.3 is 14.2 Å². The molecule has 0 aliphatic heterocycles. The highest BCUT2D eigenvalue weighted by Gasteiger charge is 2.25. The Morgan fingerprint density at radius 3 is 2.71 bits per heavy atom. The van der Waals surface area contributed by atoms with E-state index in [4.69, 9.17) is 19.2 Å². The van der Waals surface area contributed by atoms with E-state index in [0.29, 0.717) is 22.3 Å². The van der Waals surface area contributed by atoms with Crippen LogP contribution in [0.4, 0.5) is 5.69 Å². The average Bonchev–Trinajstić information content (AvgIpc) is 2.92. The summed E-state index contributed by atoms with van der Waals surface area (Å²) < 4.78 is 17.5. The van der Waals surface area contributed by atoms with Crippen molar-refractivity contribution in [3.05, 3.63) is 66.7 Å². The second-order valence-electron chi connectivity index (χ2n) is 8.75. The van der Waals surface area contributed by atoms with Gasteiger partial charge in [0.15, 0.2) is 12.4 Å². The number of hydrogen-bond acceptors (Lipinski definition) is 9. The number of ether oxygens (including phenoxy) is 3. The first-order valence-electron chi connectivity index (χ1n) is 12.2. The molecule has 1 aliphatic carbocycles. The lowest BCUT2D eigenvalue weighted by molar-refractivity contribution is -0.385. The van der Waals surface area contributed by atoms with E-state index in [-0.39, 0.29) is 29.6 Å². The van der Waals surface area contributed by atoms with Crippen LogP contribution in [0.2, 0.25) is 0 Å². The van der Waals surface area contributed by atoms with E-state index >= 15 is 0 Å². The number of aromatic nitrogens is 2. The normalized spacial score (nSPS) is 14.1. The van der Waals surface area contributed by atoms with E-state index < -0.39 is 23.2 Å². The van der Waals surface area contributed by atoms with Gasteiger partial charge in [0.1, 0.15) is 5.82 Å². The van der Waals surface area contributed by atoms with E-state index in [2.05, 4.69) is 21.0 Å². The first kappa shape index (κ1) is 27.2. The number of methoxy groups -OCH3 is 1. The van der Waals surface area contributed by atoms with Crippen molar-refractivity contribution in [1.82, 2.24) is 9.66 Å². The number of nitrogens with zero attached hydrogens (tertiary/aromatic N) is 4. The highest BCUT2D eigenvalue weighted by Crippen LogP contribution is 2.38. The Kier molecular flexibility index (Phi) is 8.72. The zero-order valence-electron chi connectivity index (χ0n) is 21.0. The number of benzene rings is 2. The minimum absolute atomic E-state index is 0.0327. The number of carbonyl (C=O) groups is 1. The van der Waals surface area contributed by atoms with Crippen LogP contribution in [0.25, 0.3) is 10.9 Å². The fourth-order valence-electron chi connectivity index (χ4n) is 4.48. The number of halogens is 1. The number of hydrogen-bond donors (Lipinski definition) is 0. The third-order valence-electron chi connectivity index (χ3n) is 6.24. The first-order valence-corrected chi connectivity index (χ1v) is 13.0. The summed E-state index contributed by atoms with van der Waals surface area (Å²) in [5.74, 6) is -0.203. The molecular weight excluding hydrogens is 560 g/mol. The molecule has 200 valence electrons. The molecule has 4 rings (SSSR count). The van der Waals surface area contributed by atoms with E-state index in [1.807, 2.05) is 6.07 Å². The van der Waals surface area contributed by atoms with Gasteiger partial charge in [-0.3, -0.25) is 14.9 Å². The molecule has 0 bridgehead atoms. The molecule has 0 saturated heterocycles. The van der Waals surface area contributed by atoms with Gasteiger partial charge in [-0.05, 0) is 44.0 Å². The van der Waals surface area contributed by atoms with Crippen molar-refractivity contribution in [3.63, 3.8) is 0 Å². The Balaban J connectivity index is 1.78. The molecule has 1 heterocycles. The van der Waals surface area contributed by atoms with Gasteiger partial charge in [-0.15, -0.1) is 0 Å². The second-order valence-corrected chi connectivity index (χ2v) is 9.67. The molecule has 0 radical (unpaired) electrons. The second kappa shape index (κ2) is 12.2. The van der Waals surface area contributed by atoms with Crippen molar-refractivity contribution < 1.29 is 23.9 Å². The predicted octanol–water partition coefficient (Wildman–Crippen LogP) is 4.95. The van der Waals surface area contributed by atoms with E-state index in [1.54, 1.807) is 19.1 Å². The molecule has 1 fully saturated rings. The highest BCUT2D eigenvalue weighted by molar-refractivity contribution is 9.10. The van der Waals surface area contributed by atoms with Crippen molar-refractivity contribution >= 4 is 44.7 Å². The lowest BCUT2D eigenvalue weighted by Crippen LogP contribution is -2.25. The van der Waals surface area contributed by atoms with Crippen LogP contribution in [-0.2, 0) is 9.53 Å². The van der Waals surface area contributed by atoms with Crippen LogP contribution in [0.1, 0.15) is 56.3 Å². The minimum Gasteiger partial charge on any atom is -0.493 e. The average molecular weight is 587 g/mol. The Morgan fingerprint density at radius 2 is 2.03 bits per heavy atom. The van der Waals surface area contributed by atoms with Crippen LogP contribution in [0, 0.1) is 10.1 Å². The summed E-state index contributed by atoms with van der Waals surface area (Å²) in [6, 6.07) is 8.05. The summed E-state index contributed by atoms with van der Waals surface area (Å²) in [4.78, 5) is 41.2.